The van der Waals surface area contributed by atoms with Crippen molar-refractivity contribution in [1.29, 1.82) is 0 Å². The van der Waals surface area contributed by atoms with Crippen molar-refractivity contribution in [2.75, 3.05) is 5.32 Å². The van der Waals surface area contributed by atoms with Crippen molar-refractivity contribution >= 4 is 63.0 Å². The van der Waals surface area contributed by atoms with Crippen LogP contribution < -0.4 is 5.32 Å². The Kier molecular flexibility index (Phi) is 6.73. The molecule has 0 aliphatic rings. The number of thiophene rings is 1. The van der Waals surface area contributed by atoms with Crippen LogP contribution in [0.15, 0.2) is 77.3 Å². The number of imidazole rings is 1. The average molecular weight is 539 g/mol. The van der Waals surface area contributed by atoms with E-state index in [1.165, 1.54) is 41.3 Å². The van der Waals surface area contributed by atoms with Gasteiger partial charge < -0.3 is 10.3 Å². The number of nitrogens with one attached hydrogen (secondary N) is 2. The molecule has 0 spiro atoms. The Morgan fingerprint density at radius 1 is 1.17 bits per heavy atom. The fourth-order valence-electron chi connectivity index (χ4n) is 3.54. The van der Waals surface area contributed by atoms with E-state index in [-0.39, 0.29) is 16.4 Å². The van der Waals surface area contributed by atoms with E-state index in [1.807, 2.05) is 17.5 Å². The lowest BCUT2D eigenvalue weighted by Gasteiger charge is -2.09. The van der Waals surface area contributed by atoms with Crippen LogP contribution in [0.3, 0.4) is 0 Å². The van der Waals surface area contributed by atoms with Crippen molar-refractivity contribution in [3.05, 3.63) is 104 Å². The van der Waals surface area contributed by atoms with Crippen LogP contribution in [-0.4, -0.2) is 20.8 Å². The van der Waals surface area contributed by atoms with Crippen LogP contribution in [0.1, 0.15) is 15.9 Å². The number of hydrogen-bond acceptors (Lipinski definition) is 6. The highest BCUT2D eigenvalue weighted by molar-refractivity contribution is 7.98. The van der Waals surface area contributed by atoms with Crippen LogP contribution >= 0.6 is 34.7 Å². The van der Waals surface area contributed by atoms with Crippen LogP contribution in [0.4, 0.5) is 15.8 Å². The number of halogens is 2. The summed E-state index contributed by atoms with van der Waals surface area (Å²) in [5, 5.41) is 16.7. The van der Waals surface area contributed by atoms with Crippen molar-refractivity contribution in [3.63, 3.8) is 0 Å². The first-order valence-electron chi connectivity index (χ1n) is 10.6. The van der Waals surface area contributed by atoms with E-state index < -0.39 is 16.6 Å². The Labute approximate surface area is 217 Å². The van der Waals surface area contributed by atoms with Gasteiger partial charge >= 0.3 is 0 Å². The largest absolute Gasteiger partial charge is 0.333 e. The summed E-state index contributed by atoms with van der Waals surface area (Å²) in [6.45, 7) is 0. The number of carbonyl (C=O) groups is 1. The van der Waals surface area contributed by atoms with Gasteiger partial charge in [0.2, 0.25) is 0 Å². The molecule has 1 amide bonds. The molecule has 7 nitrogen and oxygen atoms in total. The van der Waals surface area contributed by atoms with Gasteiger partial charge in [-0.05, 0) is 52.9 Å². The number of amides is 1. The molecule has 5 rings (SSSR count). The molecule has 0 aliphatic carbocycles. The monoisotopic (exact) mass is 538 g/mol. The molecule has 180 valence electrons. The number of anilines is 1. The van der Waals surface area contributed by atoms with Crippen molar-refractivity contribution in [3.8, 4) is 10.4 Å². The topological polar surface area (TPSA) is 101 Å². The van der Waals surface area contributed by atoms with Crippen molar-refractivity contribution in [2.45, 2.75) is 10.9 Å². The molecule has 0 atom stereocenters. The molecule has 0 aliphatic heterocycles. The highest BCUT2D eigenvalue weighted by atomic mass is 35.5. The van der Waals surface area contributed by atoms with Gasteiger partial charge in [0.05, 0.1) is 21.0 Å². The number of aromatic amines is 1. The summed E-state index contributed by atoms with van der Waals surface area (Å²) in [5.41, 5.74) is 3.19. The molecule has 0 radical (unpaired) electrons. The van der Waals surface area contributed by atoms with Gasteiger partial charge in [-0.1, -0.05) is 41.6 Å². The fourth-order valence-corrected chi connectivity index (χ4v) is 5.26. The summed E-state index contributed by atoms with van der Waals surface area (Å²) in [6, 6.07) is 18.2. The van der Waals surface area contributed by atoms with Crippen molar-refractivity contribution in [1.82, 2.24) is 9.97 Å². The second-order valence-electron chi connectivity index (χ2n) is 7.73. The van der Waals surface area contributed by atoms with Crippen LogP contribution in [0, 0.1) is 15.9 Å². The Bertz CT molecular complexity index is 1550. The van der Waals surface area contributed by atoms with E-state index in [1.54, 1.807) is 36.4 Å². The van der Waals surface area contributed by atoms with E-state index in [0.29, 0.717) is 27.5 Å². The van der Waals surface area contributed by atoms with Crippen LogP contribution in [0.25, 0.3) is 21.5 Å². The fraction of sp³-hybridized carbons (Fsp3) is 0.0400. The summed E-state index contributed by atoms with van der Waals surface area (Å²) >= 11 is 8.75. The first kappa shape index (κ1) is 24.0. The zero-order chi connectivity index (χ0) is 25.2. The van der Waals surface area contributed by atoms with E-state index in [9.17, 15) is 19.3 Å². The smallest absolute Gasteiger partial charge is 0.292 e. The number of nitro groups is 1. The summed E-state index contributed by atoms with van der Waals surface area (Å²) in [7, 11) is 0. The van der Waals surface area contributed by atoms with E-state index in [4.69, 9.17) is 11.6 Å². The standard InChI is InChI=1S/C25H16ClFN4O3S2/c26-17-11-19-20(12-18(17)27)30-25(29-19)36-13-14-3-5-15(6-4-14)24(32)28-21-10-16(23-2-1-9-35-23)7-8-22(21)31(33)34/h1-12H,13H2,(H,28,32)(H,29,30). The van der Waals surface area contributed by atoms with Gasteiger partial charge in [-0.2, -0.15) is 0 Å². The Morgan fingerprint density at radius 3 is 2.69 bits per heavy atom. The molecule has 2 heterocycles. The highest BCUT2D eigenvalue weighted by Gasteiger charge is 2.18. The summed E-state index contributed by atoms with van der Waals surface area (Å²) < 4.78 is 13.6. The average Bonchev–Trinajstić information content (AvgIpc) is 3.53. The maximum atomic E-state index is 13.6. The van der Waals surface area contributed by atoms with E-state index in [2.05, 4.69) is 15.3 Å². The van der Waals surface area contributed by atoms with Crippen LogP contribution in [0.2, 0.25) is 5.02 Å². The minimum Gasteiger partial charge on any atom is -0.333 e. The number of aromatic nitrogens is 2. The molecule has 36 heavy (non-hydrogen) atoms. The number of H-pyrrole nitrogens is 1. The molecule has 0 saturated heterocycles. The quantitative estimate of drug-likeness (QED) is 0.127. The van der Waals surface area contributed by atoms with E-state index in [0.717, 1.165) is 16.0 Å². The van der Waals surface area contributed by atoms with Gasteiger partial charge in [0.25, 0.3) is 11.6 Å². The number of carbonyl (C=O) groups excluding carboxylic acids is 1. The van der Waals surface area contributed by atoms with Gasteiger partial charge in [0.15, 0.2) is 5.16 Å². The zero-order valence-corrected chi connectivity index (χ0v) is 20.7. The van der Waals surface area contributed by atoms with Gasteiger partial charge in [-0.3, -0.25) is 14.9 Å². The first-order valence-corrected chi connectivity index (χ1v) is 12.8. The highest BCUT2D eigenvalue weighted by Crippen LogP contribution is 2.33. The Hall–Kier alpha value is -3.73. The summed E-state index contributed by atoms with van der Waals surface area (Å²) in [4.78, 5) is 32.2. The predicted molar refractivity (Wildman–Crippen MR) is 141 cm³/mol. The number of rotatable bonds is 7. The molecule has 0 fully saturated rings. The van der Waals surface area contributed by atoms with Gasteiger partial charge in [0.1, 0.15) is 11.5 Å². The minimum atomic E-state index is -0.519. The van der Waals surface area contributed by atoms with E-state index >= 15 is 0 Å². The van der Waals surface area contributed by atoms with Gasteiger partial charge in [-0.25, -0.2) is 9.37 Å². The Morgan fingerprint density at radius 2 is 1.97 bits per heavy atom. The molecule has 5 aromatic rings. The molecular formula is C25H16ClFN4O3S2. The lowest BCUT2D eigenvalue weighted by atomic mass is 10.1. The number of nitrogens with zero attached hydrogens (tertiary/aromatic N) is 2. The molecule has 0 unspecified atom stereocenters. The molecule has 2 N–H and O–H groups in total. The molecule has 2 aromatic heterocycles. The van der Waals surface area contributed by atoms with Crippen molar-refractivity contribution < 1.29 is 14.1 Å². The van der Waals surface area contributed by atoms with Crippen molar-refractivity contribution in [2.24, 2.45) is 0 Å². The minimum absolute atomic E-state index is 0.0167. The third kappa shape index (κ3) is 5.11. The molecule has 0 bridgehead atoms. The second-order valence-corrected chi connectivity index (χ2v) is 10.1. The molecule has 11 heteroatoms. The van der Waals surface area contributed by atoms with Crippen LogP contribution in [0.5, 0.6) is 0 Å². The summed E-state index contributed by atoms with van der Waals surface area (Å²) in [5.74, 6) is -0.398. The first-order chi connectivity index (χ1) is 17.4. The number of hydrogen-bond donors (Lipinski definition) is 2. The maximum absolute atomic E-state index is 13.6. The zero-order valence-electron chi connectivity index (χ0n) is 18.3. The number of thioether (sulfide) groups is 1. The van der Waals surface area contributed by atoms with Crippen LogP contribution in [-0.2, 0) is 5.75 Å². The third-order valence-corrected chi connectivity index (χ3v) is 7.49. The SMILES string of the molecule is O=C(Nc1cc(-c2cccs2)ccc1[N+](=O)[O-])c1ccc(CSc2nc3cc(Cl)c(F)cc3[nH]2)cc1. The van der Waals surface area contributed by atoms with Gasteiger partial charge in [-0.15, -0.1) is 11.3 Å². The van der Waals surface area contributed by atoms with Gasteiger partial charge in [0, 0.05) is 28.3 Å². The maximum Gasteiger partial charge on any atom is 0.292 e. The predicted octanol–water partition coefficient (Wildman–Crippen LogP) is 7.54. The number of nitro benzene ring substituents is 1. The normalized spacial score (nSPS) is 11.1. The Balaban J connectivity index is 1.28. The third-order valence-electron chi connectivity index (χ3n) is 5.34. The number of benzene rings is 3. The lowest BCUT2D eigenvalue weighted by molar-refractivity contribution is -0.383. The summed E-state index contributed by atoms with van der Waals surface area (Å²) in [6.07, 6.45) is 0. The lowest BCUT2D eigenvalue weighted by Crippen LogP contribution is -2.13. The number of fused-ring (bicyclic) bond motifs is 1. The second kappa shape index (κ2) is 10.1. The molecule has 0 saturated carbocycles. The molecular weight excluding hydrogens is 523 g/mol. The molecule has 3 aromatic carbocycles.